The first-order chi connectivity index (χ1) is 12.5. The first kappa shape index (κ1) is 17.2. The second-order valence-electron chi connectivity index (χ2n) is 5.42. The van der Waals surface area contributed by atoms with Crippen molar-refractivity contribution in [3.63, 3.8) is 0 Å². The number of nitriles is 1. The van der Waals surface area contributed by atoms with Gasteiger partial charge < -0.3 is 5.11 Å². The molecule has 7 heteroatoms. The third kappa shape index (κ3) is 3.54. The average molecular weight is 350 g/mol. The molecule has 0 bridgehead atoms. The minimum Gasteiger partial charge on any atom is -0.505 e. The molecule has 0 aliphatic rings. The number of aliphatic imine (C=N–C) groups is 1. The number of nitrogens with zero attached hydrogens (tertiary/aromatic N) is 4. The molecule has 0 saturated heterocycles. The van der Waals surface area contributed by atoms with Crippen LogP contribution in [0.3, 0.4) is 0 Å². The van der Waals surface area contributed by atoms with Crippen LogP contribution in [0.1, 0.15) is 11.3 Å². The number of aromatic nitrogens is 2. The van der Waals surface area contributed by atoms with Gasteiger partial charge in [-0.15, -0.1) is 0 Å². The molecule has 5 nitrogen and oxygen atoms in total. The molecule has 0 spiro atoms. The van der Waals surface area contributed by atoms with E-state index in [-0.39, 0.29) is 22.7 Å². The summed E-state index contributed by atoms with van der Waals surface area (Å²) in [4.78, 5) is 11.8. The van der Waals surface area contributed by atoms with Gasteiger partial charge in [0, 0.05) is 23.5 Å². The number of pyridine rings is 2. The van der Waals surface area contributed by atoms with Crippen LogP contribution < -0.4 is 0 Å². The number of hydrogen-bond donors (Lipinski definition) is 1. The first-order valence-corrected chi connectivity index (χ1v) is 7.55. The van der Waals surface area contributed by atoms with Gasteiger partial charge in [-0.2, -0.15) is 9.65 Å². The molecular formula is C19H12F2N4O. The minimum absolute atomic E-state index is 0.0208. The fraction of sp³-hybridized carbons (Fsp3) is 0.0526. The first-order valence-electron chi connectivity index (χ1n) is 7.55. The van der Waals surface area contributed by atoms with Crippen molar-refractivity contribution in [2.75, 3.05) is 0 Å². The molecule has 128 valence electrons. The van der Waals surface area contributed by atoms with Crippen LogP contribution in [0.25, 0.3) is 11.3 Å². The summed E-state index contributed by atoms with van der Waals surface area (Å²) in [5.41, 5.74) is 1.06. The Morgan fingerprint density at radius 1 is 1.15 bits per heavy atom. The van der Waals surface area contributed by atoms with E-state index in [0.29, 0.717) is 16.9 Å². The smallest absolute Gasteiger partial charge is 0.214 e. The maximum Gasteiger partial charge on any atom is 0.214 e. The summed E-state index contributed by atoms with van der Waals surface area (Å²) in [6.07, 6.45) is 1.51. The molecule has 1 aromatic carbocycles. The standard InChI is InChI=1S/C19H12F2N4O/c1-11-8-12(6-7-23-11)18-19(26)15(9-17(21)25-18)16(10-22)24-14-4-2-13(20)3-5-14/h2-9,26H,1H3. The Balaban J connectivity index is 2.15. The Morgan fingerprint density at radius 2 is 1.88 bits per heavy atom. The van der Waals surface area contributed by atoms with Gasteiger partial charge in [0.05, 0.1) is 11.3 Å². The molecular weight excluding hydrogens is 338 g/mol. The van der Waals surface area contributed by atoms with Crippen molar-refractivity contribution in [1.29, 1.82) is 5.26 Å². The fourth-order valence-electron chi connectivity index (χ4n) is 2.37. The van der Waals surface area contributed by atoms with Gasteiger partial charge >= 0.3 is 0 Å². The Morgan fingerprint density at radius 3 is 2.54 bits per heavy atom. The number of aromatic hydroxyl groups is 1. The Kier molecular flexibility index (Phi) is 4.67. The Hall–Kier alpha value is -3.66. The number of aryl methyl sites for hydroxylation is 1. The van der Waals surface area contributed by atoms with Crippen LogP contribution in [-0.2, 0) is 0 Å². The molecule has 2 aromatic heterocycles. The maximum atomic E-state index is 14.0. The Labute approximate surface area is 147 Å². The number of halogens is 2. The highest BCUT2D eigenvalue weighted by atomic mass is 19.1. The molecule has 3 rings (SSSR count). The summed E-state index contributed by atoms with van der Waals surface area (Å²) in [5.74, 6) is -1.70. The highest BCUT2D eigenvalue weighted by Gasteiger charge is 2.18. The predicted molar refractivity (Wildman–Crippen MR) is 92.0 cm³/mol. The monoisotopic (exact) mass is 350 g/mol. The van der Waals surface area contributed by atoms with Crippen molar-refractivity contribution in [2.45, 2.75) is 6.92 Å². The summed E-state index contributed by atoms with van der Waals surface area (Å²) in [6, 6.07) is 11.1. The van der Waals surface area contributed by atoms with Gasteiger partial charge in [-0.05, 0) is 43.3 Å². The third-order valence-electron chi connectivity index (χ3n) is 3.56. The van der Waals surface area contributed by atoms with Crippen molar-refractivity contribution in [1.82, 2.24) is 9.97 Å². The normalized spacial score (nSPS) is 11.2. The van der Waals surface area contributed by atoms with Crippen molar-refractivity contribution in [3.05, 3.63) is 71.7 Å². The van der Waals surface area contributed by atoms with Crippen LogP contribution in [0.4, 0.5) is 14.5 Å². The topological polar surface area (TPSA) is 82.2 Å². The van der Waals surface area contributed by atoms with E-state index in [2.05, 4.69) is 15.0 Å². The van der Waals surface area contributed by atoms with Gasteiger partial charge in [0.2, 0.25) is 5.95 Å². The van der Waals surface area contributed by atoms with Gasteiger partial charge in [-0.3, -0.25) is 4.98 Å². The maximum absolute atomic E-state index is 14.0. The molecule has 2 heterocycles. The van der Waals surface area contributed by atoms with Crippen molar-refractivity contribution >= 4 is 11.4 Å². The quantitative estimate of drug-likeness (QED) is 0.570. The molecule has 0 amide bonds. The molecule has 1 N–H and O–H groups in total. The van der Waals surface area contributed by atoms with E-state index in [9.17, 15) is 19.1 Å². The SMILES string of the molecule is Cc1cc(-c2nc(F)cc(C(C#N)=Nc3ccc(F)cc3)c2O)ccn1. The molecule has 0 unspecified atom stereocenters. The van der Waals surface area contributed by atoms with Crippen LogP contribution >= 0.6 is 0 Å². The van der Waals surface area contributed by atoms with E-state index < -0.39 is 11.8 Å². The van der Waals surface area contributed by atoms with Crippen LogP contribution in [0.15, 0.2) is 53.7 Å². The van der Waals surface area contributed by atoms with Crippen molar-refractivity contribution in [2.24, 2.45) is 4.99 Å². The summed E-state index contributed by atoms with van der Waals surface area (Å²) in [7, 11) is 0. The van der Waals surface area contributed by atoms with E-state index in [1.165, 1.54) is 30.5 Å². The van der Waals surface area contributed by atoms with Gasteiger partial charge in [0.1, 0.15) is 17.6 Å². The zero-order valence-corrected chi connectivity index (χ0v) is 13.6. The largest absolute Gasteiger partial charge is 0.505 e. The second-order valence-corrected chi connectivity index (χ2v) is 5.42. The highest BCUT2D eigenvalue weighted by molar-refractivity contribution is 6.15. The van der Waals surface area contributed by atoms with Crippen LogP contribution in [-0.4, -0.2) is 20.8 Å². The van der Waals surface area contributed by atoms with E-state index in [1.807, 2.05) is 6.07 Å². The third-order valence-corrected chi connectivity index (χ3v) is 3.56. The van der Waals surface area contributed by atoms with Gasteiger partial charge in [-0.1, -0.05) is 0 Å². The number of benzene rings is 1. The summed E-state index contributed by atoms with van der Waals surface area (Å²) in [6.45, 7) is 1.75. The summed E-state index contributed by atoms with van der Waals surface area (Å²) < 4.78 is 27.0. The lowest BCUT2D eigenvalue weighted by molar-refractivity contribution is 0.468. The summed E-state index contributed by atoms with van der Waals surface area (Å²) in [5, 5.41) is 19.9. The molecule has 3 aromatic rings. The van der Waals surface area contributed by atoms with Crippen molar-refractivity contribution < 1.29 is 13.9 Å². The average Bonchev–Trinajstić information content (AvgIpc) is 2.63. The van der Waals surface area contributed by atoms with E-state index >= 15 is 0 Å². The molecule has 0 fully saturated rings. The minimum atomic E-state index is -0.871. The Bertz CT molecular complexity index is 1040. The van der Waals surface area contributed by atoms with Gasteiger partial charge in [0.15, 0.2) is 11.5 Å². The molecule has 0 aliphatic carbocycles. The lowest BCUT2D eigenvalue weighted by atomic mass is 10.0. The van der Waals surface area contributed by atoms with Gasteiger partial charge in [-0.25, -0.2) is 14.4 Å². The summed E-state index contributed by atoms with van der Waals surface area (Å²) >= 11 is 0. The van der Waals surface area contributed by atoms with Gasteiger partial charge in [0.25, 0.3) is 0 Å². The second kappa shape index (κ2) is 7.07. The molecule has 26 heavy (non-hydrogen) atoms. The van der Waals surface area contributed by atoms with Crippen LogP contribution in [0.2, 0.25) is 0 Å². The zero-order valence-electron chi connectivity index (χ0n) is 13.6. The molecule has 0 atom stereocenters. The van der Waals surface area contributed by atoms with E-state index in [4.69, 9.17) is 0 Å². The molecule has 0 aliphatic heterocycles. The molecule has 0 saturated carbocycles. The molecule has 0 radical (unpaired) electrons. The number of hydrogen-bond acceptors (Lipinski definition) is 5. The van der Waals surface area contributed by atoms with Crippen LogP contribution in [0, 0.1) is 30.0 Å². The lowest BCUT2D eigenvalue weighted by Crippen LogP contribution is -2.02. The number of rotatable bonds is 3. The predicted octanol–water partition coefficient (Wildman–Crippen LogP) is 4.08. The lowest BCUT2D eigenvalue weighted by Gasteiger charge is -2.09. The highest BCUT2D eigenvalue weighted by Crippen LogP contribution is 2.32. The van der Waals surface area contributed by atoms with E-state index in [1.54, 1.807) is 19.1 Å². The van der Waals surface area contributed by atoms with Crippen molar-refractivity contribution in [3.8, 4) is 23.1 Å². The zero-order chi connectivity index (χ0) is 18.7. The van der Waals surface area contributed by atoms with E-state index in [0.717, 1.165) is 6.07 Å². The fourth-order valence-corrected chi connectivity index (χ4v) is 2.37. The van der Waals surface area contributed by atoms with Crippen LogP contribution in [0.5, 0.6) is 5.75 Å².